The zero-order chi connectivity index (χ0) is 15.2. The highest BCUT2D eigenvalue weighted by molar-refractivity contribution is 7.16. The van der Waals surface area contributed by atoms with Crippen molar-refractivity contribution in [3.05, 3.63) is 17.2 Å². The summed E-state index contributed by atoms with van der Waals surface area (Å²) in [5, 5.41) is 10.8. The van der Waals surface area contributed by atoms with Crippen molar-refractivity contribution >= 4 is 34.4 Å². The minimum absolute atomic E-state index is 0.135. The summed E-state index contributed by atoms with van der Waals surface area (Å²) in [7, 11) is 0. The van der Waals surface area contributed by atoms with Crippen LogP contribution in [0.1, 0.15) is 4.88 Å². The van der Waals surface area contributed by atoms with Gasteiger partial charge in [-0.3, -0.25) is 10.1 Å². The molecule has 0 unspecified atom stereocenters. The number of alkyl halides is 3. The van der Waals surface area contributed by atoms with Gasteiger partial charge in [-0.25, -0.2) is 9.78 Å². The fraction of sp³-hybridized carbons (Fsp3) is 0.300. The van der Waals surface area contributed by atoms with Gasteiger partial charge in [0, 0.05) is 17.2 Å². The van der Waals surface area contributed by atoms with E-state index in [0.717, 1.165) is 17.4 Å². The molecule has 0 fully saturated rings. The van der Waals surface area contributed by atoms with Crippen molar-refractivity contribution in [1.29, 1.82) is 0 Å². The molecular weight excluding hydrogens is 301 g/mol. The van der Waals surface area contributed by atoms with Gasteiger partial charge in [0.15, 0.2) is 5.13 Å². The maximum absolute atomic E-state index is 11.8. The van der Waals surface area contributed by atoms with Gasteiger partial charge in [-0.05, 0) is 6.08 Å². The largest absolute Gasteiger partial charge is 0.478 e. The Kier molecular flexibility index (Phi) is 5.65. The minimum Gasteiger partial charge on any atom is -0.478 e. The Hall–Kier alpha value is -1.94. The molecule has 1 aromatic heterocycles. The summed E-state index contributed by atoms with van der Waals surface area (Å²) in [5.41, 5.74) is 0. The molecule has 0 aliphatic carbocycles. The summed E-state index contributed by atoms with van der Waals surface area (Å²) < 4.78 is 39.5. The number of aliphatic carboxylic acids is 1. The number of carboxylic acid groups (broad SMARTS) is 1. The Morgan fingerprint density at radius 1 is 1.50 bits per heavy atom. The van der Waals surface area contributed by atoms with Crippen LogP contribution in [0.15, 0.2) is 12.3 Å². The molecule has 1 aromatic rings. The average Bonchev–Trinajstić information content (AvgIpc) is 2.72. The monoisotopic (exact) mass is 310 g/mol. The molecular formula is C10H9F3N2O4S. The SMILES string of the molecule is O=C(O)/C=C/c1cnc(NC(=O)COCC(F)(F)F)s1. The highest BCUT2D eigenvalue weighted by Crippen LogP contribution is 2.19. The lowest BCUT2D eigenvalue weighted by Crippen LogP contribution is -2.23. The Morgan fingerprint density at radius 2 is 2.20 bits per heavy atom. The van der Waals surface area contributed by atoms with Crippen LogP contribution in [-0.2, 0) is 14.3 Å². The number of carbonyl (C=O) groups excluding carboxylic acids is 1. The smallest absolute Gasteiger partial charge is 0.411 e. The van der Waals surface area contributed by atoms with E-state index in [9.17, 15) is 22.8 Å². The molecule has 2 N–H and O–H groups in total. The van der Waals surface area contributed by atoms with Gasteiger partial charge in [-0.15, -0.1) is 0 Å². The number of carboxylic acids is 1. The molecule has 20 heavy (non-hydrogen) atoms. The normalized spacial score (nSPS) is 11.8. The van der Waals surface area contributed by atoms with Crippen LogP contribution in [0.4, 0.5) is 18.3 Å². The third-order valence-corrected chi connectivity index (χ3v) is 2.54. The molecule has 1 heterocycles. The van der Waals surface area contributed by atoms with Crippen molar-refractivity contribution in [2.24, 2.45) is 0 Å². The van der Waals surface area contributed by atoms with Crippen LogP contribution in [0, 0.1) is 0 Å². The lowest BCUT2D eigenvalue weighted by molar-refractivity contribution is -0.174. The average molecular weight is 310 g/mol. The Balaban J connectivity index is 2.41. The second-order valence-corrected chi connectivity index (χ2v) is 4.46. The van der Waals surface area contributed by atoms with Crippen LogP contribution in [0.3, 0.4) is 0 Å². The Bertz CT molecular complexity index is 513. The summed E-state index contributed by atoms with van der Waals surface area (Å²) in [6.45, 7) is -2.26. The molecule has 0 aromatic carbocycles. The van der Waals surface area contributed by atoms with E-state index in [-0.39, 0.29) is 5.13 Å². The molecule has 10 heteroatoms. The number of ether oxygens (including phenoxy) is 1. The van der Waals surface area contributed by atoms with Crippen molar-refractivity contribution in [3.8, 4) is 0 Å². The molecule has 0 aliphatic heterocycles. The molecule has 110 valence electrons. The summed E-state index contributed by atoms with van der Waals surface area (Å²) >= 11 is 0.971. The van der Waals surface area contributed by atoms with Crippen LogP contribution in [0.2, 0.25) is 0 Å². The van der Waals surface area contributed by atoms with Crippen molar-refractivity contribution in [3.63, 3.8) is 0 Å². The fourth-order valence-corrected chi connectivity index (χ4v) is 1.72. The minimum atomic E-state index is -4.49. The molecule has 0 bridgehead atoms. The van der Waals surface area contributed by atoms with Crippen LogP contribution in [-0.4, -0.2) is 41.4 Å². The first kappa shape index (κ1) is 16.1. The maximum Gasteiger partial charge on any atom is 0.411 e. The third-order valence-electron chi connectivity index (χ3n) is 1.66. The van der Waals surface area contributed by atoms with E-state index in [1.807, 2.05) is 0 Å². The van der Waals surface area contributed by atoms with Crippen molar-refractivity contribution < 1.29 is 32.6 Å². The third kappa shape index (κ3) is 6.85. The van der Waals surface area contributed by atoms with Crippen molar-refractivity contribution in [2.75, 3.05) is 18.5 Å². The second-order valence-electron chi connectivity index (χ2n) is 3.40. The predicted molar refractivity (Wildman–Crippen MR) is 64.3 cm³/mol. The molecule has 0 saturated carbocycles. The molecule has 0 atom stereocenters. The van der Waals surface area contributed by atoms with Gasteiger partial charge >= 0.3 is 12.1 Å². The first-order valence-corrected chi connectivity index (χ1v) is 5.89. The van der Waals surface area contributed by atoms with Gasteiger partial charge in [0.05, 0.1) is 0 Å². The number of aromatic nitrogens is 1. The first-order chi connectivity index (χ1) is 9.26. The second kappa shape index (κ2) is 7.01. The number of nitrogens with zero attached hydrogens (tertiary/aromatic N) is 1. The summed E-state index contributed by atoms with van der Waals surface area (Å²) in [6.07, 6.45) is -1.01. The molecule has 0 aliphatic rings. The van der Waals surface area contributed by atoms with Crippen LogP contribution in [0.5, 0.6) is 0 Å². The van der Waals surface area contributed by atoms with Crippen molar-refractivity contribution in [1.82, 2.24) is 4.98 Å². The number of thiazole rings is 1. The number of hydrogen-bond acceptors (Lipinski definition) is 5. The van der Waals surface area contributed by atoms with Gasteiger partial charge in [0.25, 0.3) is 5.91 Å². The number of anilines is 1. The molecule has 1 amide bonds. The highest BCUT2D eigenvalue weighted by Gasteiger charge is 2.27. The van der Waals surface area contributed by atoms with Gasteiger partial charge in [0.2, 0.25) is 0 Å². The highest BCUT2D eigenvalue weighted by atomic mass is 32.1. The topological polar surface area (TPSA) is 88.5 Å². The number of nitrogens with one attached hydrogen (secondary N) is 1. The van der Waals surface area contributed by atoms with E-state index in [4.69, 9.17) is 5.11 Å². The number of amides is 1. The molecule has 0 spiro atoms. The zero-order valence-electron chi connectivity index (χ0n) is 9.81. The number of carbonyl (C=O) groups is 2. The standard InChI is InChI=1S/C10H9F3N2O4S/c11-10(12,13)5-19-4-7(16)15-9-14-3-6(20-9)1-2-8(17)18/h1-3H,4-5H2,(H,17,18)(H,14,15,16)/b2-1+. The van der Waals surface area contributed by atoms with Gasteiger partial charge in [-0.1, -0.05) is 11.3 Å². The van der Waals surface area contributed by atoms with Crippen LogP contribution in [0.25, 0.3) is 6.08 Å². The van der Waals surface area contributed by atoms with Gasteiger partial charge in [0.1, 0.15) is 13.2 Å². The van der Waals surface area contributed by atoms with E-state index in [1.165, 1.54) is 12.3 Å². The fourth-order valence-electron chi connectivity index (χ4n) is 0.990. The predicted octanol–water partition coefficient (Wildman–Crippen LogP) is 1.76. The lowest BCUT2D eigenvalue weighted by Gasteiger charge is -2.06. The molecule has 6 nitrogen and oxygen atoms in total. The van der Waals surface area contributed by atoms with Crippen molar-refractivity contribution in [2.45, 2.75) is 6.18 Å². The lowest BCUT2D eigenvalue weighted by atomic mass is 10.4. The number of rotatable bonds is 6. The van der Waals surface area contributed by atoms with E-state index >= 15 is 0 Å². The van der Waals surface area contributed by atoms with Gasteiger partial charge < -0.3 is 9.84 Å². The molecule has 1 rings (SSSR count). The first-order valence-electron chi connectivity index (χ1n) is 5.07. The van der Waals surface area contributed by atoms with Crippen LogP contribution >= 0.6 is 11.3 Å². The molecule has 0 saturated heterocycles. The summed E-state index contributed by atoms with van der Waals surface area (Å²) in [6, 6.07) is 0. The Morgan fingerprint density at radius 3 is 2.80 bits per heavy atom. The van der Waals surface area contributed by atoms with Gasteiger partial charge in [-0.2, -0.15) is 13.2 Å². The summed E-state index contributed by atoms with van der Waals surface area (Å²) in [5.74, 6) is -1.91. The Labute approximate surface area is 114 Å². The quantitative estimate of drug-likeness (QED) is 0.782. The van der Waals surface area contributed by atoms with E-state index in [2.05, 4.69) is 15.0 Å². The molecule has 0 radical (unpaired) electrons. The van der Waals surface area contributed by atoms with E-state index < -0.39 is 31.3 Å². The number of halogens is 3. The zero-order valence-corrected chi connectivity index (χ0v) is 10.6. The van der Waals surface area contributed by atoms with E-state index in [1.54, 1.807) is 0 Å². The van der Waals surface area contributed by atoms with Crippen LogP contribution < -0.4 is 5.32 Å². The maximum atomic E-state index is 11.8. The number of hydrogen-bond donors (Lipinski definition) is 2. The summed E-state index contributed by atoms with van der Waals surface area (Å²) in [4.78, 5) is 25.7. The van der Waals surface area contributed by atoms with E-state index in [0.29, 0.717) is 4.88 Å².